The largest absolute Gasteiger partial charge is 0.396 e. The smallest absolute Gasteiger partial charge is 0.271 e. The van der Waals surface area contributed by atoms with E-state index in [2.05, 4.69) is 26.1 Å². The molecule has 0 radical (unpaired) electrons. The summed E-state index contributed by atoms with van der Waals surface area (Å²) in [5.74, 6) is -0.0997. The second-order valence-corrected chi connectivity index (χ2v) is 7.16. The van der Waals surface area contributed by atoms with Gasteiger partial charge in [0.1, 0.15) is 5.69 Å². The number of H-pyrrole nitrogens is 1. The third-order valence-electron chi connectivity index (χ3n) is 4.46. The molecule has 0 spiro atoms. The summed E-state index contributed by atoms with van der Waals surface area (Å²) in [6.07, 6.45) is 0.733. The number of benzene rings is 1. The number of carbonyl (C=O) groups excluding carboxylic acids is 1. The molecule has 1 amide bonds. The standard InChI is InChI=1S/C17H20BrN3O3/c1-24-11-17(10-22)6-7-21(9-17)16(23)15-8-14(19-20-15)12-2-4-13(18)5-3-12/h2-5,8,22H,6-7,9-11H2,1H3,(H,19,20). The third-order valence-corrected chi connectivity index (χ3v) is 4.99. The monoisotopic (exact) mass is 393 g/mol. The number of aliphatic hydroxyl groups excluding tert-OH is 1. The van der Waals surface area contributed by atoms with Crippen molar-refractivity contribution in [3.05, 3.63) is 40.5 Å². The molecule has 2 N–H and O–H groups in total. The molecule has 1 aliphatic heterocycles. The predicted molar refractivity (Wildman–Crippen MR) is 93.6 cm³/mol. The number of amides is 1. The summed E-state index contributed by atoms with van der Waals surface area (Å²) >= 11 is 3.40. The predicted octanol–water partition coefficient (Wildman–Crippen LogP) is 2.31. The van der Waals surface area contributed by atoms with E-state index in [0.29, 0.717) is 25.4 Å². The van der Waals surface area contributed by atoms with E-state index in [-0.39, 0.29) is 17.9 Å². The van der Waals surface area contributed by atoms with Gasteiger partial charge in [0.05, 0.1) is 18.9 Å². The Morgan fingerprint density at radius 1 is 1.46 bits per heavy atom. The average Bonchev–Trinajstić information content (AvgIpc) is 3.23. The van der Waals surface area contributed by atoms with E-state index in [4.69, 9.17) is 4.74 Å². The van der Waals surface area contributed by atoms with Gasteiger partial charge in [-0.15, -0.1) is 0 Å². The van der Waals surface area contributed by atoms with Gasteiger partial charge in [-0.3, -0.25) is 9.89 Å². The number of aliphatic hydroxyl groups is 1. The lowest BCUT2D eigenvalue weighted by Crippen LogP contribution is -2.37. The van der Waals surface area contributed by atoms with Crippen molar-refractivity contribution in [3.63, 3.8) is 0 Å². The summed E-state index contributed by atoms with van der Waals surface area (Å²) < 4.78 is 6.20. The highest BCUT2D eigenvalue weighted by Crippen LogP contribution is 2.31. The first-order valence-corrected chi connectivity index (χ1v) is 8.57. The van der Waals surface area contributed by atoms with E-state index in [1.165, 1.54) is 0 Å². The lowest BCUT2D eigenvalue weighted by molar-refractivity contribution is 0.0342. The Hall–Kier alpha value is -1.70. The maximum atomic E-state index is 12.7. The summed E-state index contributed by atoms with van der Waals surface area (Å²) in [6.45, 7) is 1.55. The molecule has 1 atom stereocenters. The maximum Gasteiger partial charge on any atom is 0.271 e. The number of hydrogen-bond donors (Lipinski definition) is 2. The Labute approximate surface area is 148 Å². The minimum absolute atomic E-state index is 0.0116. The number of rotatable bonds is 5. The van der Waals surface area contributed by atoms with E-state index < -0.39 is 0 Å². The zero-order valence-corrected chi connectivity index (χ0v) is 15.0. The number of halogens is 1. The number of likely N-dealkylation sites (tertiary alicyclic amines) is 1. The molecule has 3 rings (SSSR count). The first-order chi connectivity index (χ1) is 11.6. The highest BCUT2D eigenvalue weighted by molar-refractivity contribution is 9.10. The lowest BCUT2D eigenvalue weighted by atomic mass is 9.89. The van der Waals surface area contributed by atoms with Crippen LogP contribution >= 0.6 is 15.9 Å². The van der Waals surface area contributed by atoms with Crippen LogP contribution in [0.5, 0.6) is 0 Å². The Morgan fingerprint density at radius 3 is 2.88 bits per heavy atom. The first-order valence-electron chi connectivity index (χ1n) is 7.77. The van der Waals surface area contributed by atoms with Crippen molar-refractivity contribution in [2.24, 2.45) is 5.41 Å². The lowest BCUT2D eigenvalue weighted by Gasteiger charge is -2.25. The molecule has 24 heavy (non-hydrogen) atoms. The molecular weight excluding hydrogens is 374 g/mol. The number of nitrogens with zero attached hydrogens (tertiary/aromatic N) is 2. The van der Waals surface area contributed by atoms with E-state index >= 15 is 0 Å². The van der Waals surface area contributed by atoms with Crippen LogP contribution in [-0.4, -0.2) is 59.5 Å². The molecule has 1 saturated heterocycles. The van der Waals surface area contributed by atoms with Crippen molar-refractivity contribution in [1.29, 1.82) is 0 Å². The number of aromatic amines is 1. The van der Waals surface area contributed by atoms with E-state index in [1.54, 1.807) is 18.1 Å². The van der Waals surface area contributed by atoms with Gasteiger partial charge in [-0.2, -0.15) is 5.10 Å². The second-order valence-electron chi connectivity index (χ2n) is 6.24. The Balaban J connectivity index is 1.74. The summed E-state index contributed by atoms with van der Waals surface area (Å²) in [6, 6.07) is 9.53. The van der Waals surface area contributed by atoms with Crippen LogP contribution in [-0.2, 0) is 4.74 Å². The molecule has 2 aromatic rings. The zero-order valence-electron chi connectivity index (χ0n) is 13.5. The molecule has 6 nitrogen and oxygen atoms in total. The van der Waals surface area contributed by atoms with E-state index in [1.807, 2.05) is 24.3 Å². The number of nitrogens with one attached hydrogen (secondary N) is 1. The summed E-state index contributed by atoms with van der Waals surface area (Å²) in [5.41, 5.74) is 1.77. The molecule has 0 aliphatic carbocycles. The SMILES string of the molecule is COCC1(CO)CCN(C(=O)c2cc(-c3ccc(Br)cc3)n[nH]2)C1. The van der Waals surface area contributed by atoms with Crippen molar-refractivity contribution in [1.82, 2.24) is 15.1 Å². The van der Waals surface area contributed by atoms with Crippen molar-refractivity contribution in [3.8, 4) is 11.3 Å². The molecule has 1 aromatic heterocycles. The molecule has 128 valence electrons. The fourth-order valence-corrected chi connectivity index (χ4v) is 3.34. The van der Waals surface area contributed by atoms with Crippen molar-refractivity contribution >= 4 is 21.8 Å². The number of aromatic nitrogens is 2. The summed E-state index contributed by atoms with van der Waals surface area (Å²) in [4.78, 5) is 14.4. The van der Waals surface area contributed by atoms with Crippen LogP contribution in [0, 0.1) is 5.41 Å². The van der Waals surface area contributed by atoms with Crippen molar-refractivity contribution in [2.75, 3.05) is 33.4 Å². The molecule has 1 unspecified atom stereocenters. The number of carbonyl (C=O) groups is 1. The van der Waals surface area contributed by atoms with Gasteiger partial charge in [0.15, 0.2) is 0 Å². The molecule has 2 heterocycles. The third kappa shape index (κ3) is 3.38. The van der Waals surface area contributed by atoms with Gasteiger partial charge in [-0.1, -0.05) is 28.1 Å². The molecule has 1 fully saturated rings. The van der Waals surface area contributed by atoms with Gasteiger partial charge in [-0.25, -0.2) is 0 Å². The fraction of sp³-hybridized carbons (Fsp3) is 0.412. The van der Waals surface area contributed by atoms with Crippen LogP contribution in [0.2, 0.25) is 0 Å². The van der Waals surface area contributed by atoms with Crippen molar-refractivity contribution < 1.29 is 14.6 Å². The zero-order chi connectivity index (χ0) is 17.2. The molecule has 0 saturated carbocycles. The average molecular weight is 394 g/mol. The molecule has 1 aliphatic rings. The Bertz CT molecular complexity index is 716. The van der Waals surface area contributed by atoms with Crippen LogP contribution in [0.25, 0.3) is 11.3 Å². The topological polar surface area (TPSA) is 78.5 Å². The summed E-state index contributed by atoms with van der Waals surface area (Å²) in [7, 11) is 1.61. The van der Waals surface area contributed by atoms with E-state index in [9.17, 15) is 9.90 Å². The van der Waals surface area contributed by atoms with Crippen LogP contribution in [0.3, 0.4) is 0 Å². The van der Waals surface area contributed by atoms with Crippen LogP contribution in [0.1, 0.15) is 16.9 Å². The number of ether oxygens (including phenoxy) is 1. The minimum Gasteiger partial charge on any atom is -0.396 e. The van der Waals surface area contributed by atoms with Gasteiger partial charge in [-0.05, 0) is 24.6 Å². The van der Waals surface area contributed by atoms with Crippen LogP contribution in [0.4, 0.5) is 0 Å². The number of methoxy groups -OCH3 is 1. The molecule has 7 heteroatoms. The maximum absolute atomic E-state index is 12.7. The molecule has 1 aromatic carbocycles. The van der Waals surface area contributed by atoms with Gasteiger partial charge in [0, 0.05) is 35.7 Å². The normalized spacial score (nSPS) is 20.5. The van der Waals surface area contributed by atoms with Gasteiger partial charge in [0.25, 0.3) is 5.91 Å². The van der Waals surface area contributed by atoms with Gasteiger partial charge >= 0.3 is 0 Å². The Morgan fingerprint density at radius 2 is 2.21 bits per heavy atom. The fourth-order valence-electron chi connectivity index (χ4n) is 3.08. The summed E-state index contributed by atoms with van der Waals surface area (Å²) in [5, 5.41) is 16.7. The highest BCUT2D eigenvalue weighted by Gasteiger charge is 2.40. The van der Waals surface area contributed by atoms with Gasteiger partial charge < -0.3 is 14.7 Å². The van der Waals surface area contributed by atoms with E-state index in [0.717, 1.165) is 22.2 Å². The molecular formula is C17H20BrN3O3. The van der Waals surface area contributed by atoms with Crippen LogP contribution < -0.4 is 0 Å². The van der Waals surface area contributed by atoms with Crippen molar-refractivity contribution in [2.45, 2.75) is 6.42 Å². The Kier molecular flexibility index (Phi) is 5.03. The quantitative estimate of drug-likeness (QED) is 0.816. The number of hydrogen-bond acceptors (Lipinski definition) is 4. The molecule has 0 bridgehead atoms. The van der Waals surface area contributed by atoms with Crippen LogP contribution in [0.15, 0.2) is 34.8 Å². The van der Waals surface area contributed by atoms with Gasteiger partial charge in [0.2, 0.25) is 0 Å². The second kappa shape index (κ2) is 7.04. The first kappa shape index (κ1) is 17.1. The highest BCUT2D eigenvalue weighted by atomic mass is 79.9. The minimum atomic E-state index is -0.362.